The SMILES string of the molecule is CCCN(CC)c1cc(Cl)ccc1C(=O)O. The quantitative estimate of drug-likeness (QED) is 0.860. The predicted octanol–water partition coefficient (Wildman–Crippen LogP) is 3.27. The molecule has 0 aliphatic carbocycles. The first-order valence-electron chi connectivity index (χ1n) is 5.38. The molecular weight excluding hydrogens is 226 g/mol. The summed E-state index contributed by atoms with van der Waals surface area (Å²) in [5, 5.41) is 9.66. The maximum atomic E-state index is 11.1. The highest BCUT2D eigenvalue weighted by Crippen LogP contribution is 2.25. The molecule has 1 aromatic carbocycles. The average Bonchev–Trinajstić information content (AvgIpc) is 2.25. The zero-order valence-corrected chi connectivity index (χ0v) is 10.3. The first-order chi connectivity index (χ1) is 7.60. The fourth-order valence-electron chi connectivity index (χ4n) is 1.67. The van der Waals surface area contributed by atoms with Crippen LogP contribution >= 0.6 is 11.6 Å². The molecule has 0 radical (unpaired) electrons. The molecule has 1 rings (SSSR count). The fraction of sp³-hybridized carbons (Fsp3) is 0.417. The van der Waals surface area contributed by atoms with Crippen molar-refractivity contribution < 1.29 is 9.90 Å². The van der Waals surface area contributed by atoms with Gasteiger partial charge in [-0.05, 0) is 31.5 Å². The van der Waals surface area contributed by atoms with Gasteiger partial charge in [-0.2, -0.15) is 0 Å². The van der Waals surface area contributed by atoms with Crippen LogP contribution in [0.4, 0.5) is 5.69 Å². The summed E-state index contributed by atoms with van der Waals surface area (Å²) < 4.78 is 0. The summed E-state index contributed by atoms with van der Waals surface area (Å²) in [6.45, 7) is 5.67. The Kier molecular flexibility index (Phi) is 4.62. The van der Waals surface area contributed by atoms with E-state index in [0.717, 1.165) is 19.5 Å². The molecule has 0 atom stereocenters. The number of halogens is 1. The van der Waals surface area contributed by atoms with Crippen molar-refractivity contribution in [2.24, 2.45) is 0 Å². The molecule has 0 fully saturated rings. The van der Waals surface area contributed by atoms with Gasteiger partial charge in [0.05, 0.1) is 11.3 Å². The van der Waals surface area contributed by atoms with E-state index in [-0.39, 0.29) is 0 Å². The molecule has 0 spiro atoms. The van der Waals surface area contributed by atoms with Gasteiger partial charge in [0.1, 0.15) is 0 Å². The van der Waals surface area contributed by atoms with Gasteiger partial charge in [-0.25, -0.2) is 4.79 Å². The average molecular weight is 242 g/mol. The van der Waals surface area contributed by atoms with Crippen molar-refractivity contribution in [3.05, 3.63) is 28.8 Å². The van der Waals surface area contributed by atoms with Crippen LogP contribution in [-0.4, -0.2) is 24.2 Å². The van der Waals surface area contributed by atoms with Crippen LogP contribution in [-0.2, 0) is 0 Å². The zero-order valence-electron chi connectivity index (χ0n) is 9.53. The van der Waals surface area contributed by atoms with Crippen LogP contribution in [0, 0.1) is 0 Å². The smallest absolute Gasteiger partial charge is 0.337 e. The molecule has 0 heterocycles. The monoisotopic (exact) mass is 241 g/mol. The van der Waals surface area contributed by atoms with E-state index in [0.29, 0.717) is 16.3 Å². The lowest BCUT2D eigenvalue weighted by atomic mass is 10.1. The van der Waals surface area contributed by atoms with Gasteiger partial charge in [0.2, 0.25) is 0 Å². The van der Waals surface area contributed by atoms with Crippen molar-refractivity contribution in [2.45, 2.75) is 20.3 Å². The predicted molar refractivity (Wildman–Crippen MR) is 66.6 cm³/mol. The van der Waals surface area contributed by atoms with Crippen molar-refractivity contribution in [2.75, 3.05) is 18.0 Å². The number of rotatable bonds is 5. The highest BCUT2D eigenvalue weighted by molar-refractivity contribution is 6.31. The van der Waals surface area contributed by atoms with Crippen LogP contribution < -0.4 is 4.90 Å². The molecule has 0 bridgehead atoms. The Morgan fingerprint density at radius 3 is 2.62 bits per heavy atom. The molecule has 0 aromatic heterocycles. The van der Waals surface area contributed by atoms with E-state index >= 15 is 0 Å². The third kappa shape index (κ3) is 2.89. The third-order valence-electron chi connectivity index (χ3n) is 2.41. The number of carboxylic acids is 1. The largest absolute Gasteiger partial charge is 0.478 e. The molecule has 0 amide bonds. The first-order valence-corrected chi connectivity index (χ1v) is 5.75. The number of carboxylic acid groups (broad SMARTS) is 1. The van der Waals surface area contributed by atoms with E-state index in [9.17, 15) is 4.79 Å². The summed E-state index contributed by atoms with van der Waals surface area (Å²) in [5.41, 5.74) is 1.00. The lowest BCUT2D eigenvalue weighted by Gasteiger charge is -2.24. The van der Waals surface area contributed by atoms with Crippen LogP contribution in [0.3, 0.4) is 0 Å². The molecule has 0 saturated heterocycles. The van der Waals surface area contributed by atoms with Crippen LogP contribution in [0.15, 0.2) is 18.2 Å². The highest BCUT2D eigenvalue weighted by atomic mass is 35.5. The van der Waals surface area contributed by atoms with Crippen LogP contribution in [0.5, 0.6) is 0 Å². The van der Waals surface area contributed by atoms with E-state index < -0.39 is 5.97 Å². The van der Waals surface area contributed by atoms with E-state index in [1.807, 2.05) is 11.8 Å². The lowest BCUT2D eigenvalue weighted by molar-refractivity contribution is 0.0697. The molecule has 0 aliphatic heterocycles. The Hall–Kier alpha value is -1.22. The molecular formula is C12H16ClNO2. The van der Waals surface area contributed by atoms with Gasteiger partial charge in [0.15, 0.2) is 0 Å². The van der Waals surface area contributed by atoms with Gasteiger partial charge < -0.3 is 10.0 Å². The van der Waals surface area contributed by atoms with Gasteiger partial charge in [-0.3, -0.25) is 0 Å². The molecule has 0 saturated carbocycles. The molecule has 1 N–H and O–H groups in total. The van der Waals surface area contributed by atoms with E-state index in [2.05, 4.69) is 6.92 Å². The number of nitrogens with zero attached hydrogens (tertiary/aromatic N) is 1. The second-order valence-electron chi connectivity index (χ2n) is 3.55. The highest BCUT2D eigenvalue weighted by Gasteiger charge is 2.14. The van der Waals surface area contributed by atoms with Crippen LogP contribution in [0.25, 0.3) is 0 Å². The summed E-state index contributed by atoms with van der Waals surface area (Å²) in [4.78, 5) is 13.1. The minimum Gasteiger partial charge on any atom is -0.478 e. The van der Waals surface area contributed by atoms with Gasteiger partial charge in [-0.1, -0.05) is 18.5 Å². The Morgan fingerprint density at radius 2 is 2.12 bits per heavy atom. The van der Waals surface area contributed by atoms with Crippen molar-refractivity contribution in [1.82, 2.24) is 0 Å². The molecule has 4 heteroatoms. The Balaban J connectivity index is 3.16. The van der Waals surface area contributed by atoms with Gasteiger partial charge in [0.25, 0.3) is 0 Å². The van der Waals surface area contributed by atoms with E-state index in [1.54, 1.807) is 18.2 Å². The number of benzene rings is 1. The van der Waals surface area contributed by atoms with Crippen molar-refractivity contribution in [3.8, 4) is 0 Å². The molecule has 0 unspecified atom stereocenters. The van der Waals surface area contributed by atoms with E-state index in [4.69, 9.17) is 16.7 Å². The lowest BCUT2D eigenvalue weighted by Crippen LogP contribution is -2.25. The second-order valence-corrected chi connectivity index (χ2v) is 3.98. The van der Waals surface area contributed by atoms with Crippen LogP contribution in [0.1, 0.15) is 30.6 Å². The Bertz CT molecular complexity index is 379. The summed E-state index contributed by atoms with van der Waals surface area (Å²) >= 11 is 5.90. The van der Waals surface area contributed by atoms with Gasteiger partial charge >= 0.3 is 5.97 Å². The molecule has 88 valence electrons. The first kappa shape index (κ1) is 12.8. The zero-order chi connectivity index (χ0) is 12.1. The van der Waals surface area contributed by atoms with E-state index in [1.165, 1.54) is 0 Å². The minimum absolute atomic E-state index is 0.305. The summed E-state index contributed by atoms with van der Waals surface area (Å²) in [6.07, 6.45) is 0.972. The minimum atomic E-state index is -0.916. The topological polar surface area (TPSA) is 40.5 Å². The Morgan fingerprint density at radius 1 is 1.44 bits per heavy atom. The summed E-state index contributed by atoms with van der Waals surface area (Å²) in [6, 6.07) is 4.87. The number of hydrogen-bond donors (Lipinski definition) is 1. The number of aromatic carboxylic acids is 1. The molecule has 1 aromatic rings. The fourth-order valence-corrected chi connectivity index (χ4v) is 1.83. The third-order valence-corrected chi connectivity index (χ3v) is 2.64. The number of hydrogen-bond acceptors (Lipinski definition) is 2. The summed E-state index contributed by atoms with van der Waals surface area (Å²) in [5.74, 6) is -0.916. The van der Waals surface area contributed by atoms with Gasteiger partial charge in [-0.15, -0.1) is 0 Å². The van der Waals surface area contributed by atoms with Crippen molar-refractivity contribution in [3.63, 3.8) is 0 Å². The van der Waals surface area contributed by atoms with Crippen molar-refractivity contribution in [1.29, 1.82) is 0 Å². The number of carbonyl (C=O) groups is 1. The van der Waals surface area contributed by atoms with Crippen molar-refractivity contribution >= 4 is 23.3 Å². The molecule has 16 heavy (non-hydrogen) atoms. The molecule has 3 nitrogen and oxygen atoms in total. The van der Waals surface area contributed by atoms with Crippen LogP contribution in [0.2, 0.25) is 5.02 Å². The Labute approximate surface area is 101 Å². The van der Waals surface area contributed by atoms with Gasteiger partial charge in [0, 0.05) is 18.1 Å². The number of anilines is 1. The summed E-state index contributed by atoms with van der Waals surface area (Å²) in [7, 11) is 0. The standard InChI is InChI=1S/C12H16ClNO2/c1-3-7-14(4-2)11-8-9(13)5-6-10(11)12(15)16/h5-6,8H,3-4,7H2,1-2H3,(H,15,16). The maximum absolute atomic E-state index is 11.1. The molecule has 0 aliphatic rings. The normalized spacial score (nSPS) is 10.2. The maximum Gasteiger partial charge on any atom is 0.337 e. The second kappa shape index (κ2) is 5.75.